The maximum Gasteiger partial charge on any atom is 0.241 e. The van der Waals surface area contributed by atoms with E-state index < -0.39 is 6.04 Å². The van der Waals surface area contributed by atoms with Gasteiger partial charge < -0.3 is 11.1 Å². The second-order valence-corrected chi connectivity index (χ2v) is 5.12. The first kappa shape index (κ1) is 15.3. The molecule has 0 fully saturated rings. The molecule has 0 saturated carbocycles. The largest absolute Gasteiger partial charge is 0.354 e. The van der Waals surface area contributed by atoms with Crippen LogP contribution in [0.15, 0.2) is 60.7 Å². The van der Waals surface area contributed by atoms with Crippen molar-refractivity contribution in [3.05, 3.63) is 71.8 Å². The Labute approximate surface area is 126 Å². The summed E-state index contributed by atoms with van der Waals surface area (Å²) in [5.74, 6) is -0.110. The molecule has 2 rings (SSSR count). The van der Waals surface area contributed by atoms with Gasteiger partial charge >= 0.3 is 0 Å². The maximum absolute atomic E-state index is 11.9. The highest BCUT2D eigenvalue weighted by Gasteiger charge is 2.14. The molecule has 3 heteroatoms. The highest BCUT2D eigenvalue weighted by atomic mass is 16.2. The predicted molar refractivity (Wildman–Crippen MR) is 85.8 cm³/mol. The Bertz CT molecular complexity index is 540. The van der Waals surface area contributed by atoms with Crippen LogP contribution in [0, 0.1) is 0 Å². The van der Waals surface area contributed by atoms with Gasteiger partial charge in [0.25, 0.3) is 0 Å². The molecular formula is C18H22N2O. The molecule has 0 aliphatic rings. The van der Waals surface area contributed by atoms with E-state index in [1.165, 1.54) is 5.56 Å². The Hall–Kier alpha value is -2.13. The third kappa shape index (κ3) is 5.04. The van der Waals surface area contributed by atoms with E-state index >= 15 is 0 Å². The first-order valence-corrected chi connectivity index (χ1v) is 7.39. The number of nitrogens with one attached hydrogen (secondary N) is 1. The lowest BCUT2D eigenvalue weighted by molar-refractivity contribution is -0.122. The van der Waals surface area contributed by atoms with E-state index in [1.54, 1.807) is 0 Å². The summed E-state index contributed by atoms with van der Waals surface area (Å²) in [6, 6.07) is 19.2. The van der Waals surface area contributed by atoms with E-state index in [2.05, 4.69) is 29.6 Å². The molecule has 0 bridgehead atoms. The first-order valence-electron chi connectivity index (χ1n) is 7.39. The number of amides is 1. The van der Waals surface area contributed by atoms with Gasteiger partial charge in [0.15, 0.2) is 0 Å². The predicted octanol–water partition coefficient (Wildman–Crippen LogP) is 2.83. The Morgan fingerprint density at radius 2 is 1.57 bits per heavy atom. The van der Waals surface area contributed by atoms with Gasteiger partial charge in [-0.05, 0) is 30.4 Å². The summed E-state index contributed by atoms with van der Waals surface area (Å²) in [4.78, 5) is 11.9. The molecule has 0 heterocycles. The van der Waals surface area contributed by atoms with Gasteiger partial charge in [-0.3, -0.25) is 4.79 Å². The molecule has 110 valence electrons. The monoisotopic (exact) mass is 282 g/mol. The Morgan fingerprint density at radius 3 is 2.24 bits per heavy atom. The molecule has 0 radical (unpaired) electrons. The number of aryl methyl sites for hydroxylation is 1. The second-order valence-electron chi connectivity index (χ2n) is 5.12. The number of rotatable bonds is 7. The fourth-order valence-corrected chi connectivity index (χ4v) is 2.23. The van der Waals surface area contributed by atoms with Crippen LogP contribution in [0.4, 0.5) is 0 Å². The smallest absolute Gasteiger partial charge is 0.241 e. The summed E-state index contributed by atoms with van der Waals surface area (Å²) in [5.41, 5.74) is 8.12. The average molecular weight is 282 g/mol. The van der Waals surface area contributed by atoms with E-state index in [0.29, 0.717) is 6.54 Å². The lowest BCUT2D eigenvalue weighted by atomic mass is 10.1. The van der Waals surface area contributed by atoms with Crippen LogP contribution >= 0.6 is 0 Å². The van der Waals surface area contributed by atoms with Crippen molar-refractivity contribution in [1.82, 2.24) is 5.32 Å². The standard InChI is InChI=1S/C18H22N2O/c19-17(16-12-5-2-6-13-16)18(21)20-14-8-7-11-15-9-3-1-4-10-15/h1-6,9-10,12-13,17H,7-8,11,14,19H2,(H,20,21)/t17-/m0/s1. The topological polar surface area (TPSA) is 55.1 Å². The molecule has 0 aromatic heterocycles. The van der Waals surface area contributed by atoms with Crippen molar-refractivity contribution in [3.63, 3.8) is 0 Å². The van der Waals surface area contributed by atoms with E-state index in [0.717, 1.165) is 24.8 Å². The zero-order valence-electron chi connectivity index (χ0n) is 12.2. The summed E-state index contributed by atoms with van der Waals surface area (Å²) in [6.07, 6.45) is 3.06. The number of unbranched alkanes of at least 4 members (excludes halogenated alkanes) is 1. The van der Waals surface area contributed by atoms with Gasteiger partial charge in [0, 0.05) is 6.54 Å². The minimum atomic E-state index is -0.583. The fraction of sp³-hybridized carbons (Fsp3) is 0.278. The van der Waals surface area contributed by atoms with Crippen LogP contribution in [0.1, 0.15) is 30.0 Å². The molecule has 1 atom stereocenters. The molecule has 0 unspecified atom stereocenters. The third-order valence-electron chi connectivity index (χ3n) is 3.48. The molecule has 3 nitrogen and oxygen atoms in total. The molecule has 1 amide bonds. The van der Waals surface area contributed by atoms with E-state index in [4.69, 9.17) is 5.73 Å². The summed E-state index contributed by atoms with van der Waals surface area (Å²) in [5, 5.41) is 2.90. The molecule has 2 aromatic rings. The Morgan fingerprint density at radius 1 is 0.952 bits per heavy atom. The Kier molecular flexibility index (Phi) is 5.98. The van der Waals surface area contributed by atoms with Crippen molar-refractivity contribution in [1.29, 1.82) is 0 Å². The van der Waals surface area contributed by atoms with Gasteiger partial charge in [-0.2, -0.15) is 0 Å². The van der Waals surface area contributed by atoms with Crippen LogP contribution in [-0.2, 0) is 11.2 Å². The van der Waals surface area contributed by atoms with Crippen LogP contribution in [-0.4, -0.2) is 12.5 Å². The number of nitrogens with two attached hydrogens (primary N) is 1. The van der Waals surface area contributed by atoms with Crippen LogP contribution < -0.4 is 11.1 Å². The highest BCUT2D eigenvalue weighted by Crippen LogP contribution is 2.09. The van der Waals surface area contributed by atoms with Crippen molar-refractivity contribution in [2.75, 3.05) is 6.54 Å². The number of hydrogen-bond donors (Lipinski definition) is 2. The minimum Gasteiger partial charge on any atom is -0.354 e. The molecular weight excluding hydrogens is 260 g/mol. The van der Waals surface area contributed by atoms with E-state index in [-0.39, 0.29) is 5.91 Å². The summed E-state index contributed by atoms with van der Waals surface area (Å²) in [7, 11) is 0. The lowest BCUT2D eigenvalue weighted by Crippen LogP contribution is -2.34. The number of carbonyl (C=O) groups excluding carboxylic acids is 1. The number of hydrogen-bond acceptors (Lipinski definition) is 2. The van der Waals surface area contributed by atoms with Crippen molar-refractivity contribution >= 4 is 5.91 Å². The van der Waals surface area contributed by atoms with Crippen molar-refractivity contribution in [2.45, 2.75) is 25.3 Å². The minimum absolute atomic E-state index is 0.110. The highest BCUT2D eigenvalue weighted by molar-refractivity contribution is 5.82. The van der Waals surface area contributed by atoms with Crippen LogP contribution in [0.25, 0.3) is 0 Å². The van der Waals surface area contributed by atoms with Gasteiger partial charge in [-0.25, -0.2) is 0 Å². The maximum atomic E-state index is 11.9. The molecule has 0 aliphatic carbocycles. The molecule has 0 aliphatic heterocycles. The summed E-state index contributed by atoms with van der Waals surface area (Å²) in [6.45, 7) is 0.673. The molecule has 21 heavy (non-hydrogen) atoms. The van der Waals surface area contributed by atoms with Crippen LogP contribution in [0.2, 0.25) is 0 Å². The summed E-state index contributed by atoms with van der Waals surface area (Å²) < 4.78 is 0. The van der Waals surface area contributed by atoms with E-state index in [1.807, 2.05) is 36.4 Å². The molecule has 2 aromatic carbocycles. The normalized spacial score (nSPS) is 11.9. The average Bonchev–Trinajstić information content (AvgIpc) is 2.55. The SMILES string of the molecule is N[C@H](C(=O)NCCCCc1ccccc1)c1ccccc1. The van der Waals surface area contributed by atoms with Crippen LogP contribution in [0.3, 0.4) is 0 Å². The van der Waals surface area contributed by atoms with Crippen molar-refractivity contribution < 1.29 is 4.79 Å². The fourth-order valence-electron chi connectivity index (χ4n) is 2.23. The van der Waals surface area contributed by atoms with Crippen molar-refractivity contribution in [2.24, 2.45) is 5.73 Å². The number of benzene rings is 2. The first-order chi connectivity index (χ1) is 10.3. The second kappa shape index (κ2) is 8.22. The molecule has 3 N–H and O–H groups in total. The van der Waals surface area contributed by atoms with Gasteiger partial charge in [0.2, 0.25) is 5.91 Å². The Balaban J connectivity index is 1.65. The van der Waals surface area contributed by atoms with Crippen LogP contribution in [0.5, 0.6) is 0 Å². The molecule has 0 spiro atoms. The van der Waals surface area contributed by atoms with Gasteiger partial charge in [-0.1, -0.05) is 60.7 Å². The van der Waals surface area contributed by atoms with Gasteiger partial charge in [0.05, 0.1) is 0 Å². The quantitative estimate of drug-likeness (QED) is 0.767. The van der Waals surface area contributed by atoms with Gasteiger partial charge in [-0.15, -0.1) is 0 Å². The van der Waals surface area contributed by atoms with Gasteiger partial charge in [0.1, 0.15) is 6.04 Å². The zero-order valence-corrected chi connectivity index (χ0v) is 12.2. The zero-order chi connectivity index (χ0) is 14.9. The van der Waals surface area contributed by atoms with E-state index in [9.17, 15) is 4.79 Å². The lowest BCUT2D eigenvalue weighted by Gasteiger charge is -2.12. The summed E-state index contributed by atoms with van der Waals surface area (Å²) >= 11 is 0. The van der Waals surface area contributed by atoms with Crippen molar-refractivity contribution in [3.8, 4) is 0 Å². The molecule has 0 saturated heterocycles. The third-order valence-corrected chi connectivity index (χ3v) is 3.48. The number of carbonyl (C=O) groups is 1.